The van der Waals surface area contributed by atoms with Crippen LogP contribution in [0.25, 0.3) is 0 Å². The maximum atomic E-state index is 5.98. The van der Waals surface area contributed by atoms with Crippen molar-refractivity contribution in [1.29, 1.82) is 0 Å². The highest BCUT2D eigenvalue weighted by Crippen LogP contribution is 2.21. The molecule has 1 aromatic carbocycles. The smallest absolute Gasteiger partial charge is 0.119 e. The van der Waals surface area contributed by atoms with E-state index in [2.05, 4.69) is 47.6 Å². The predicted octanol–water partition coefficient (Wildman–Crippen LogP) is 9.81. The molecule has 0 N–H and O–H groups in total. The van der Waals surface area contributed by atoms with Crippen LogP contribution in [0.1, 0.15) is 129 Å². The maximum absolute atomic E-state index is 5.98. The quantitative estimate of drug-likeness (QED) is 0.101. The van der Waals surface area contributed by atoms with Gasteiger partial charge in [-0.1, -0.05) is 109 Å². The first-order valence-corrected chi connectivity index (χ1v) is 16.1. The summed E-state index contributed by atoms with van der Waals surface area (Å²) in [5, 5.41) is 0. The van der Waals surface area contributed by atoms with Crippen molar-refractivity contribution in [1.82, 2.24) is 4.90 Å². The largest absolute Gasteiger partial charge is 0.494 e. The molecule has 0 amide bonds. The summed E-state index contributed by atoms with van der Waals surface area (Å²) in [7, 11) is 0. The summed E-state index contributed by atoms with van der Waals surface area (Å²) in [6.07, 6.45) is 28.1. The van der Waals surface area contributed by atoms with Crippen molar-refractivity contribution in [2.24, 2.45) is 0 Å². The van der Waals surface area contributed by atoms with E-state index in [0.717, 1.165) is 38.3 Å². The van der Waals surface area contributed by atoms with E-state index in [4.69, 9.17) is 4.74 Å². The van der Waals surface area contributed by atoms with Gasteiger partial charge in [0.1, 0.15) is 5.75 Å². The third kappa shape index (κ3) is 16.2. The summed E-state index contributed by atoms with van der Waals surface area (Å²) >= 11 is 0. The Hall–Kier alpha value is -1.48. The molecule has 1 aliphatic heterocycles. The van der Waals surface area contributed by atoms with Crippen molar-refractivity contribution < 1.29 is 4.74 Å². The number of hydrogen-bond donors (Lipinski definition) is 0. The van der Waals surface area contributed by atoms with Crippen LogP contribution in [0.5, 0.6) is 5.75 Å². The van der Waals surface area contributed by atoms with Crippen molar-refractivity contribution >= 4 is 5.69 Å². The van der Waals surface area contributed by atoms with E-state index < -0.39 is 0 Å². The highest BCUT2D eigenvalue weighted by Gasteiger charge is 2.16. The Kier molecular flexibility index (Phi) is 19.3. The number of anilines is 1. The summed E-state index contributed by atoms with van der Waals surface area (Å²) in [6.45, 7) is 12.9. The molecule has 37 heavy (non-hydrogen) atoms. The number of benzene rings is 1. The first-order chi connectivity index (χ1) is 18.3. The van der Waals surface area contributed by atoms with Gasteiger partial charge in [-0.15, -0.1) is 6.58 Å². The van der Waals surface area contributed by atoms with E-state index in [-0.39, 0.29) is 0 Å². The molecule has 0 atom stereocenters. The van der Waals surface area contributed by atoms with Crippen LogP contribution in [0.15, 0.2) is 36.9 Å². The molecule has 2 rings (SSSR count). The van der Waals surface area contributed by atoms with E-state index in [0.29, 0.717) is 0 Å². The van der Waals surface area contributed by atoms with Gasteiger partial charge < -0.3 is 9.64 Å². The summed E-state index contributed by atoms with van der Waals surface area (Å²) in [4.78, 5) is 5.21. The molecule has 3 heteroatoms. The van der Waals surface area contributed by atoms with Gasteiger partial charge in [0, 0.05) is 31.9 Å². The molecule has 0 unspecified atom stereocenters. The van der Waals surface area contributed by atoms with Crippen LogP contribution in [0.2, 0.25) is 0 Å². The number of piperazine rings is 1. The van der Waals surface area contributed by atoms with Gasteiger partial charge in [-0.25, -0.2) is 0 Å². The molecule has 0 spiro atoms. The summed E-state index contributed by atoms with van der Waals surface area (Å²) < 4.78 is 5.98. The normalized spacial score (nSPS) is 14.2. The highest BCUT2D eigenvalue weighted by molar-refractivity contribution is 5.49. The Balaban J connectivity index is 1.43. The Morgan fingerprint density at radius 3 is 1.73 bits per heavy atom. The lowest BCUT2D eigenvalue weighted by Crippen LogP contribution is -2.46. The van der Waals surface area contributed by atoms with Crippen molar-refractivity contribution in [2.45, 2.75) is 129 Å². The standard InChI is InChI=1S/C34H60N2O/c1-3-5-7-9-11-13-14-15-16-17-19-21-27-35-28-30-36(31-29-35)33-23-25-34(26-24-33)37-32-22-20-18-12-10-8-6-4-2/h4,23-26H,2-3,5-22,27-32H2,1H3. The summed E-state index contributed by atoms with van der Waals surface area (Å²) in [6, 6.07) is 8.80. The van der Waals surface area contributed by atoms with Crippen molar-refractivity contribution in [3.05, 3.63) is 36.9 Å². The fraction of sp³-hybridized carbons (Fsp3) is 0.765. The van der Waals surface area contributed by atoms with Crippen LogP contribution in [-0.2, 0) is 0 Å². The molecule has 1 aromatic rings. The van der Waals surface area contributed by atoms with E-state index >= 15 is 0 Å². The van der Waals surface area contributed by atoms with Gasteiger partial charge in [0.05, 0.1) is 6.61 Å². The van der Waals surface area contributed by atoms with Crippen LogP contribution >= 0.6 is 0 Å². The van der Waals surface area contributed by atoms with Gasteiger partial charge in [-0.2, -0.15) is 0 Å². The van der Waals surface area contributed by atoms with Crippen molar-refractivity contribution in [2.75, 3.05) is 44.2 Å². The lowest BCUT2D eigenvalue weighted by atomic mass is 10.1. The average Bonchev–Trinajstić information content (AvgIpc) is 2.93. The Morgan fingerprint density at radius 1 is 0.649 bits per heavy atom. The Morgan fingerprint density at radius 2 is 1.16 bits per heavy atom. The molecular formula is C34H60N2O. The number of nitrogens with zero attached hydrogens (tertiary/aromatic N) is 2. The topological polar surface area (TPSA) is 15.7 Å². The Labute approximate surface area is 231 Å². The first kappa shape index (κ1) is 31.7. The monoisotopic (exact) mass is 512 g/mol. The minimum Gasteiger partial charge on any atom is -0.494 e. The molecule has 212 valence electrons. The first-order valence-electron chi connectivity index (χ1n) is 16.1. The maximum Gasteiger partial charge on any atom is 0.119 e. The van der Waals surface area contributed by atoms with E-state index in [1.54, 1.807) is 0 Å². The van der Waals surface area contributed by atoms with Crippen molar-refractivity contribution in [3.8, 4) is 5.75 Å². The zero-order valence-corrected chi connectivity index (χ0v) is 24.6. The van der Waals surface area contributed by atoms with E-state index in [9.17, 15) is 0 Å². The second-order valence-electron chi connectivity index (χ2n) is 11.3. The third-order valence-corrected chi connectivity index (χ3v) is 7.97. The number of rotatable bonds is 24. The molecular weight excluding hydrogens is 452 g/mol. The van der Waals surface area contributed by atoms with Gasteiger partial charge in [0.15, 0.2) is 0 Å². The molecule has 0 aliphatic carbocycles. The van der Waals surface area contributed by atoms with Crippen molar-refractivity contribution in [3.63, 3.8) is 0 Å². The number of ether oxygens (including phenoxy) is 1. The van der Waals surface area contributed by atoms with Crippen LogP contribution in [0.4, 0.5) is 5.69 Å². The summed E-state index contributed by atoms with van der Waals surface area (Å²) in [5.74, 6) is 1.01. The van der Waals surface area contributed by atoms with E-state index in [1.165, 1.54) is 134 Å². The fourth-order valence-electron chi connectivity index (χ4n) is 5.45. The molecule has 0 saturated carbocycles. The number of allylic oxidation sites excluding steroid dienone is 1. The van der Waals surface area contributed by atoms with Crippen LogP contribution in [0, 0.1) is 0 Å². The molecule has 3 nitrogen and oxygen atoms in total. The molecule has 0 aromatic heterocycles. The highest BCUT2D eigenvalue weighted by atomic mass is 16.5. The van der Waals surface area contributed by atoms with Gasteiger partial charge in [-0.3, -0.25) is 4.90 Å². The molecule has 0 bridgehead atoms. The third-order valence-electron chi connectivity index (χ3n) is 7.97. The zero-order valence-electron chi connectivity index (χ0n) is 24.6. The van der Waals surface area contributed by atoms with E-state index in [1.807, 2.05) is 6.08 Å². The SMILES string of the molecule is C=CCCCCCCCCOc1ccc(N2CCN(CCCCCCCCCCCCCC)CC2)cc1. The predicted molar refractivity (Wildman–Crippen MR) is 164 cm³/mol. The molecule has 1 fully saturated rings. The lowest BCUT2D eigenvalue weighted by Gasteiger charge is -2.36. The minimum atomic E-state index is 0.837. The fourth-order valence-corrected chi connectivity index (χ4v) is 5.45. The summed E-state index contributed by atoms with van der Waals surface area (Å²) in [5.41, 5.74) is 1.34. The number of unbranched alkanes of at least 4 members (excludes halogenated alkanes) is 17. The number of hydrogen-bond acceptors (Lipinski definition) is 3. The zero-order chi connectivity index (χ0) is 26.2. The average molecular weight is 513 g/mol. The molecule has 1 saturated heterocycles. The van der Waals surface area contributed by atoms with Gasteiger partial charge in [-0.05, 0) is 56.5 Å². The second kappa shape index (κ2) is 22.5. The Bertz CT molecular complexity index is 636. The minimum absolute atomic E-state index is 0.837. The van der Waals surface area contributed by atoms with Crippen LogP contribution in [-0.4, -0.2) is 44.2 Å². The van der Waals surface area contributed by atoms with Gasteiger partial charge >= 0.3 is 0 Å². The lowest BCUT2D eigenvalue weighted by molar-refractivity contribution is 0.252. The molecule has 1 heterocycles. The van der Waals surface area contributed by atoms with Crippen LogP contribution in [0.3, 0.4) is 0 Å². The molecule has 1 aliphatic rings. The van der Waals surface area contributed by atoms with Crippen LogP contribution < -0.4 is 9.64 Å². The molecule has 0 radical (unpaired) electrons. The van der Waals surface area contributed by atoms with Gasteiger partial charge in [0.2, 0.25) is 0 Å². The second-order valence-corrected chi connectivity index (χ2v) is 11.3. The van der Waals surface area contributed by atoms with Gasteiger partial charge in [0.25, 0.3) is 0 Å².